The quantitative estimate of drug-likeness (QED) is 0.107. The Labute approximate surface area is 288 Å². The van der Waals surface area contributed by atoms with Gasteiger partial charge in [0.15, 0.2) is 0 Å². The van der Waals surface area contributed by atoms with Gasteiger partial charge in [-0.05, 0) is 62.5 Å². The minimum Gasteiger partial charge on any atom is -0.487 e. The molecule has 2 saturated heterocycles. The molecular weight excluding hydrogens is 643 g/mol. The van der Waals surface area contributed by atoms with Crippen molar-refractivity contribution in [3.63, 3.8) is 0 Å². The Morgan fingerprint density at radius 3 is 2.76 bits per heavy atom. The zero-order valence-electron chi connectivity index (χ0n) is 29.1. The van der Waals surface area contributed by atoms with Gasteiger partial charge in [0.25, 0.3) is 0 Å². The summed E-state index contributed by atoms with van der Waals surface area (Å²) in [5.41, 5.74) is 3.20. The highest BCUT2D eigenvalue weighted by Gasteiger charge is 2.33. The van der Waals surface area contributed by atoms with E-state index in [-0.39, 0.29) is 24.8 Å². The molecule has 49 heavy (non-hydrogen) atoms. The highest BCUT2D eigenvalue weighted by atomic mass is 28.3. The van der Waals surface area contributed by atoms with Crippen molar-refractivity contribution in [3.8, 4) is 23.1 Å². The summed E-state index contributed by atoms with van der Waals surface area (Å²) in [4.78, 5) is 13.4. The van der Waals surface area contributed by atoms with Gasteiger partial charge in [-0.3, -0.25) is 14.5 Å². The Bertz CT molecular complexity index is 1750. The molecule has 6 rings (SSSR count). The SMILES string of the molecule is CC1CCCN1Cc1cc(F)cc(OC2CCN(CC(CC#N)n3cc(-c4ncnc5c4ccn5COCC[Si](C)(C)C)cn3)CC2F)c1. The number of fused-ring (bicyclic) bond motifs is 1. The summed E-state index contributed by atoms with van der Waals surface area (Å²) in [6.45, 7) is 13.2. The van der Waals surface area contributed by atoms with E-state index in [4.69, 9.17) is 9.47 Å². The summed E-state index contributed by atoms with van der Waals surface area (Å²) in [7, 11) is -1.17. The molecule has 0 spiro atoms. The molecule has 5 heterocycles. The van der Waals surface area contributed by atoms with E-state index in [0.717, 1.165) is 59.9 Å². The lowest BCUT2D eigenvalue weighted by Gasteiger charge is -2.36. The second-order valence-electron chi connectivity index (χ2n) is 14.8. The van der Waals surface area contributed by atoms with Crippen molar-refractivity contribution in [1.29, 1.82) is 5.26 Å². The van der Waals surface area contributed by atoms with Crippen LogP contribution in [-0.4, -0.2) is 93.3 Å². The van der Waals surface area contributed by atoms with Crippen LogP contribution in [-0.2, 0) is 18.0 Å². The van der Waals surface area contributed by atoms with Crippen molar-refractivity contribution in [2.45, 2.75) is 95.9 Å². The molecule has 13 heteroatoms. The van der Waals surface area contributed by atoms with Gasteiger partial charge in [0.1, 0.15) is 42.5 Å². The third-order valence-corrected chi connectivity index (χ3v) is 11.4. The van der Waals surface area contributed by atoms with Crippen molar-refractivity contribution >= 4 is 19.1 Å². The highest BCUT2D eigenvalue weighted by molar-refractivity contribution is 6.76. The Kier molecular flexibility index (Phi) is 11.1. The second-order valence-corrected chi connectivity index (χ2v) is 20.4. The number of hydrogen-bond donors (Lipinski definition) is 0. The van der Waals surface area contributed by atoms with Crippen LogP contribution in [0.4, 0.5) is 8.78 Å². The molecule has 0 aliphatic carbocycles. The van der Waals surface area contributed by atoms with E-state index >= 15 is 4.39 Å². The van der Waals surface area contributed by atoms with Crippen molar-refractivity contribution in [2.24, 2.45) is 0 Å². The Hall–Kier alpha value is -3.70. The second kappa shape index (κ2) is 15.5. The number of nitriles is 1. The third kappa shape index (κ3) is 8.91. The summed E-state index contributed by atoms with van der Waals surface area (Å²) in [5, 5.41) is 15.2. The minimum absolute atomic E-state index is 0.161. The maximum absolute atomic E-state index is 15.5. The van der Waals surface area contributed by atoms with Crippen molar-refractivity contribution in [2.75, 3.05) is 32.8 Å². The average molecular weight is 691 g/mol. The minimum atomic E-state index is -1.26. The number of benzene rings is 1. The first kappa shape index (κ1) is 35.1. The number of nitrogens with zero attached hydrogens (tertiary/aromatic N) is 8. The molecule has 0 radical (unpaired) electrons. The summed E-state index contributed by atoms with van der Waals surface area (Å²) in [5.74, 6) is 0.00498. The monoisotopic (exact) mass is 690 g/mol. The van der Waals surface area contributed by atoms with E-state index in [1.165, 1.54) is 6.07 Å². The molecule has 262 valence electrons. The number of alkyl halides is 1. The van der Waals surface area contributed by atoms with E-state index in [1.54, 1.807) is 23.3 Å². The summed E-state index contributed by atoms with van der Waals surface area (Å²) in [6.07, 6.45) is 8.21. The first-order valence-electron chi connectivity index (χ1n) is 17.4. The van der Waals surface area contributed by atoms with Gasteiger partial charge in [-0.25, -0.2) is 18.7 Å². The summed E-state index contributed by atoms with van der Waals surface area (Å²) >= 11 is 0. The highest BCUT2D eigenvalue weighted by Crippen LogP contribution is 2.29. The number of halogens is 2. The van der Waals surface area contributed by atoms with Gasteiger partial charge in [-0.2, -0.15) is 10.4 Å². The lowest BCUT2D eigenvalue weighted by atomic mass is 10.0. The molecule has 4 unspecified atom stereocenters. The van der Waals surface area contributed by atoms with Crippen LogP contribution in [0.3, 0.4) is 0 Å². The maximum atomic E-state index is 15.5. The smallest absolute Gasteiger partial charge is 0.149 e. The number of likely N-dealkylation sites (tertiary alicyclic amines) is 2. The van der Waals surface area contributed by atoms with Crippen molar-refractivity contribution < 1.29 is 18.3 Å². The lowest BCUT2D eigenvalue weighted by molar-refractivity contribution is 0.0167. The van der Waals surface area contributed by atoms with Gasteiger partial charge in [-0.1, -0.05) is 19.6 Å². The van der Waals surface area contributed by atoms with Crippen LogP contribution in [0.25, 0.3) is 22.3 Å². The molecule has 3 aromatic heterocycles. The van der Waals surface area contributed by atoms with Crippen molar-refractivity contribution in [3.05, 3.63) is 60.6 Å². The molecule has 1 aromatic carbocycles. The molecule has 0 amide bonds. The van der Waals surface area contributed by atoms with Gasteiger partial charge < -0.3 is 14.0 Å². The van der Waals surface area contributed by atoms with Gasteiger partial charge in [-0.15, -0.1) is 0 Å². The number of hydrogen-bond acceptors (Lipinski definition) is 8. The fraction of sp³-hybridized carbons (Fsp3) is 0.556. The fourth-order valence-electron chi connectivity index (χ4n) is 6.85. The molecule has 2 aliphatic rings. The normalized spacial score (nSPS) is 21.3. The lowest BCUT2D eigenvalue weighted by Crippen LogP contribution is -2.48. The number of ether oxygens (including phenoxy) is 2. The van der Waals surface area contributed by atoms with E-state index in [9.17, 15) is 9.65 Å². The van der Waals surface area contributed by atoms with Crippen LogP contribution >= 0.6 is 0 Å². The topological polar surface area (TPSA) is 97.3 Å². The van der Waals surface area contributed by atoms with Crippen LogP contribution in [0, 0.1) is 17.1 Å². The third-order valence-electron chi connectivity index (χ3n) is 9.69. The van der Waals surface area contributed by atoms with Crippen LogP contribution < -0.4 is 4.74 Å². The molecule has 2 aliphatic heterocycles. The Balaban J connectivity index is 1.07. The van der Waals surface area contributed by atoms with Gasteiger partial charge in [0.2, 0.25) is 0 Å². The van der Waals surface area contributed by atoms with Crippen molar-refractivity contribution in [1.82, 2.24) is 34.1 Å². The standard InChI is InChI=1S/C36H48F2N8O2Si/c1-26-6-5-11-44(26)20-27-16-29(37)18-31(17-27)48-34-9-12-43(23-33(34)38)22-30(7-10-39)46-21-28(19-42-46)35-32-8-13-45(36(32)41-24-40-35)25-47-14-15-49(2,3)4/h8,13,16-19,21,24,26,30,33-34H,5-7,9,11-12,14-15,20,22-23,25H2,1-4H3. The molecule has 0 saturated carbocycles. The number of rotatable bonds is 14. The number of piperidine rings is 1. The van der Waals surface area contributed by atoms with Crippen LogP contribution in [0.1, 0.15) is 44.2 Å². The van der Waals surface area contributed by atoms with Gasteiger partial charge >= 0.3 is 0 Å². The maximum Gasteiger partial charge on any atom is 0.149 e. The molecule has 10 nitrogen and oxygen atoms in total. The van der Waals surface area contributed by atoms with E-state index < -0.39 is 20.3 Å². The molecule has 4 atom stereocenters. The molecule has 2 fully saturated rings. The zero-order valence-corrected chi connectivity index (χ0v) is 30.1. The predicted molar refractivity (Wildman–Crippen MR) is 188 cm³/mol. The average Bonchev–Trinajstić information content (AvgIpc) is 3.80. The molecule has 0 N–H and O–H groups in total. The van der Waals surface area contributed by atoms with Crippen LogP contribution in [0.2, 0.25) is 25.7 Å². The van der Waals surface area contributed by atoms with E-state index in [0.29, 0.717) is 44.6 Å². The Morgan fingerprint density at radius 2 is 2.00 bits per heavy atom. The summed E-state index contributed by atoms with van der Waals surface area (Å²) < 4.78 is 45.8. The van der Waals surface area contributed by atoms with Gasteiger partial charge in [0, 0.05) is 76.3 Å². The molecular formula is C36H48F2N8O2Si. The number of aromatic nitrogens is 5. The predicted octanol–water partition coefficient (Wildman–Crippen LogP) is 6.68. The summed E-state index contributed by atoms with van der Waals surface area (Å²) in [6, 6.07) is 10.3. The van der Waals surface area contributed by atoms with Crippen LogP contribution in [0.5, 0.6) is 5.75 Å². The van der Waals surface area contributed by atoms with Crippen LogP contribution in [0.15, 0.2) is 49.2 Å². The molecule has 0 bridgehead atoms. The first-order chi connectivity index (χ1) is 23.6. The molecule has 4 aromatic rings. The zero-order chi connectivity index (χ0) is 34.5. The van der Waals surface area contributed by atoms with E-state index in [2.05, 4.69) is 52.6 Å². The fourth-order valence-corrected chi connectivity index (χ4v) is 7.60. The van der Waals surface area contributed by atoms with E-state index in [1.807, 2.05) is 34.0 Å². The first-order valence-corrected chi connectivity index (χ1v) is 21.1. The Morgan fingerprint density at radius 1 is 1.14 bits per heavy atom. The largest absolute Gasteiger partial charge is 0.487 e. The van der Waals surface area contributed by atoms with Gasteiger partial charge in [0.05, 0.1) is 30.4 Å².